The molecule has 1 rings (SSSR count). The summed E-state index contributed by atoms with van der Waals surface area (Å²) in [6.07, 6.45) is 2.18. The van der Waals surface area contributed by atoms with Gasteiger partial charge in [0.05, 0.1) is 0 Å². The molecule has 84 valence electrons. The molecule has 1 aromatic carbocycles. The molecule has 1 heteroatoms. The molecule has 15 heavy (non-hydrogen) atoms. The van der Waals surface area contributed by atoms with E-state index in [-0.39, 0.29) is 0 Å². The highest BCUT2D eigenvalue weighted by Crippen LogP contribution is 2.13. The van der Waals surface area contributed by atoms with E-state index in [1.807, 2.05) is 0 Å². The Labute approximate surface area is 93.7 Å². The Morgan fingerprint density at radius 1 is 1.07 bits per heavy atom. The van der Waals surface area contributed by atoms with Gasteiger partial charge in [-0.25, -0.2) is 0 Å². The van der Waals surface area contributed by atoms with E-state index in [2.05, 4.69) is 45.9 Å². The maximum atomic E-state index is 6.04. The van der Waals surface area contributed by atoms with Crippen molar-refractivity contribution in [2.75, 3.05) is 0 Å². The second kappa shape index (κ2) is 5.32. The lowest BCUT2D eigenvalue weighted by Gasteiger charge is -2.15. The molecule has 0 amide bonds. The second-order valence-corrected chi connectivity index (χ2v) is 4.94. The number of hydrogen-bond donors (Lipinski definition) is 1. The lowest BCUT2D eigenvalue weighted by atomic mass is 9.96. The normalized spacial score (nSPS) is 13.2. The van der Waals surface area contributed by atoms with Crippen LogP contribution in [0.25, 0.3) is 0 Å². The standard InChI is InChI=1S/C14H23N/c1-10(2)14(15)6-5-13-8-11(3)7-12(4)9-13/h7-10,14H,5-6,15H2,1-4H3. The molecule has 0 aliphatic carbocycles. The average Bonchev–Trinajstić information content (AvgIpc) is 2.12. The number of hydrogen-bond acceptors (Lipinski definition) is 1. The predicted molar refractivity (Wildman–Crippen MR) is 67.1 cm³/mol. The van der Waals surface area contributed by atoms with Crippen LogP contribution in [0.4, 0.5) is 0 Å². The monoisotopic (exact) mass is 205 g/mol. The molecule has 1 nitrogen and oxygen atoms in total. The van der Waals surface area contributed by atoms with Crippen molar-refractivity contribution in [1.82, 2.24) is 0 Å². The van der Waals surface area contributed by atoms with Crippen LogP contribution in [0.15, 0.2) is 18.2 Å². The minimum atomic E-state index is 0.325. The lowest BCUT2D eigenvalue weighted by Crippen LogP contribution is -2.26. The quantitative estimate of drug-likeness (QED) is 0.802. The Bertz CT molecular complexity index is 295. The Balaban J connectivity index is 2.57. The molecule has 1 aromatic rings. The summed E-state index contributed by atoms with van der Waals surface area (Å²) >= 11 is 0. The third kappa shape index (κ3) is 4.05. The van der Waals surface area contributed by atoms with Crippen LogP contribution in [-0.2, 0) is 6.42 Å². The Hall–Kier alpha value is -0.820. The van der Waals surface area contributed by atoms with Crippen molar-refractivity contribution in [3.8, 4) is 0 Å². The highest BCUT2D eigenvalue weighted by atomic mass is 14.6. The molecule has 0 saturated carbocycles. The number of rotatable bonds is 4. The zero-order valence-corrected chi connectivity index (χ0v) is 10.4. The van der Waals surface area contributed by atoms with E-state index < -0.39 is 0 Å². The van der Waals surface area contributed by atoms with Crippen LogP contribution in [0.5, 0.6) is 0 Å². The van der Waals surface area contributed by atoms with Crippen LogP contribution in [0.2, 0.25) is 0 Å². The van der Waals surface area contributed by atoms with Gasteiger partial charge >= 0.3 is 0 Å². The molecular weight excluding hydrogens is 182 g/mol. The number of benzene rings is 1. The summed E-state index contributed by atoms with van der Waals surface area (Å²) in [6.45, 7) is 8.68. The van der Waals surface area contributed by atoms with Gasteiger partial charge in [-0.1, -0.05) is 43.2 Å². The first-order chi connectivity index (χ1) is 6.99. The summed E-state index contributed by atoms with van der Waals surface area (Å²) in [4.78, 5) is 0. The van der Waals surface area contributed by atoms with E-state index in [9.17, 15) is 0 Å². The van der Waals surface area contributed by atoms with Crippen molar-refractivity contribution in [2.24, 2.45) is 11.7 Å². The topological polar surface area (TPSA) is 26.0 Å². The van der Waals surface area contributed by atoms with Gasteiger partial charge in [-0.3, -0.25) is 0 Å². The molecule has 0 aromatic heterocycles. The van der Waals surface area contributed by atoms with Gasteiger partial charge in [-0.15, -0.1) is 0 Å². The summed E-state index contributed by atoms with van der Waals surface area (Å²) in [5.41, 5.74) is 10.2. The predicted octanol–water partition coefficient (Wildman–Crippen LogP) is 3.22. The molecule has 2 N–H and O–H groups in total. The fraction of sp³-hybridized carbons (Fsp3) is 0.571. The minimum absolute atomic E-state index is 0.325. The Kier molecular flexibility index (Phi) is 4.34. The van der Waals surface area contributed by atoms with Crippen LogP contribution in [0.3, 0.4) is 0 Å². The zero-order valence-electron chi connectivity index (χ0n) is 10.4. The number of nitrogens with two attached hydrogens (primary N) is 1. The second-order valence-electron chi connectivity index (χ2n) is 4.94. The number of aryl methyl sites for hydroxylation is 3. The van der Waals surface area contributed by atoms with Gasteiger partial charge in [0.2, 0.25) is 0 Å². The first kappa shape index (κ1) is 12.3. The van der Waals surface area contributed by atoms with Crippen molar-refractivity contribution >= 4 is 0 Å². The van der Waals surface area contributed by atoms with Crippen LogP contribution in [-0.4, -0.2) is 6.04 Å². The van der Waals surface area contributed by atoms with E-state index in [0.717, 1.165) is 12.8 Å². The van der Waals surface area contributed by atoms with Crippen molar-refractivity contribution < 1.29 is 0 Å². The lowest BCUT2D eigenvalue weighted by molar-refractivity contribution is 0.464. The minimum Gasteiger partial charge on any atom is -0.327 e. The Morgan fingerprint density at radius 3 is 2.07 bits per heavy atom. The first-order valence-electron chi connectivity index (χ1n) is 5.82. The van der Waals surface area contributed by atoms with Gasteiger partial charge in [-0.05, 0) is 38.2 Å². The van der Waals surface area contributed by atoms with Gasteiger partial charge in [0.15, 0.2) is 0 Å². The third-order valence-electron chi connectivity index (χ3n) is 2.90. The summed E-state index contributed by atoms with van der Waals surface area (Å²) in [7, 11) is 0. The van der Waals surface area contributed by atoms with Gasteiger partial charge < -0.3 is 5.73 Å². The molecule has 0 heterocycles. The molecule has 0 saturated heterocycles. The molecule has 0 fully saturated rings. The molecule has 1 unspecified atom stereocenters. The molecular formula is C14H23N. The van der Waals surface area contributed by atoms with Crippen molar-refractivity contribution in [3.63, 3.8) is 0 Å². The maximum absolute atomic E-state index is 6.04. The zero-order chi connectivity index (χ0) is 11.4. The van der Waals surface area contributed by atoms with Crippen molar-refractivity contribution in [2.45, 2.75) is 46.6 Å². The molecule has 0 radical (unpaired) electrons. The SMILES string of the molecule is Cc1cc(C)cc(CCC(N)C(C)C)c1. The van der Waals surface area contributed by atoms with Crippen LogP contribution in [0.1, 0.15) is 37.0 Å². The first-order valence-corrected chi connectivity index (χ1v) is 5.82. The van der Waals surface area contributed by atoms with Gasteiger partial charge in [0.25, 0.3) is 0 Å². The van der Waals surface area contributed by atoms with Crippen LogP contribution < -0.4 is 5.73 Å². The summed E-state index contributed by atoms with van der Waals surface area (Å²) < 4.78 is 0. The Morgan fingerprint density at radius 2 is 1.60 bits per heavy atom. The van der Waals surface area contributed by atoms with Crippen LogP contribution >= 0.6 is 0 Å². The molecule has 0 bridgehead atoms. The van der Waals surface area contributed by atoms with Gasteiger partial charge in [-0.2, -0.15) is 0 Å². The highest BCUT2D eigenvalue weighted by Gasteiger charge is 2.07. The fourth-order valence-electron chi connectivity index (χ4n) is 1.88. The summed E-state index contributed by atoms with van der Waals surface area (Å²) in [6, 6.07) is 7.07. The summed E-state index contributed by atoms with van der Waals surface area (Å²) in [5.74, 6) is 0.580. The van der Waals surface area contributed by atoms with Crippen molar-refractivity contribution in [3.05, 3.63) is 34.9 Å². The summed E-state index contributed by atoms with van der Waals surface area (Å²) in [5, 5.41) is 0. The molecule has 0 aliphatic rings. The van der Waals surface area contributed by atoms with E-state index in [1.54, 1.807) is 0 Å². The third-order valence-corrected chi connectivity index (χ3v) is 2.90. The van der Waals surface area contributed by atoms with E-state index in [4.69, 9.17) is 5.73 Å². The van der Waals surface area contributed by atoms with E-state index in [0.29, 0.717) is 12.0 Å². The van der Waals surface area contributed by atoms with Crippen molar-refractivity contribution in [1.29, 1.82) is 0 Å². The van der Waals surface area contributed by atoms with Gasteiger partial charge in [0.1, 0.15) is 0 Å². The highest BCUT2D eigenvalue weighted by molar-refractivity contribution is 5.28. The van der Waals surface area contributed by atoms with E-state index >= 15 is 0 Å². The smallest absolute Gasteiger partial charge is 0.00650 e. The largest absolute Gasteiger partial charge is 0.327 e. The van der Waals surface area contributed by atoms with Crippen LogP contribution in [0, 0.1) is 19.8 Å². The molecule has 0 spiro atoms. The average molecular weight is 205 g/mol. The molecule has 1 atom stereocenters. The maximum Gasteiger partial charge on any atom is 0.00650 e. The molecule has 0 aliphatic heterocycles. The fourth-order valence-corrected chi connectivity index (χ4v) is 1.88. The van der Waals surface area contributed by atoms with Gasteiger partial charge in [0, 0.05) is 6.04 Å². The van der Waals surface area contributed by atoms with E-state index in [1.165, 1.54) is 16.7 Å².